The van der Waals surface area contributed by atoms with Crippen molar-refractivity contribution in [3.63, 3.8) is 0 Å². The third-order valence-electron chi connectivity index (χ3n) is 10.1. The predicted octanol–water partition coefficient (Wildman–Crippen LogP) is 5.25. The van der Waals surface area contributed by atoms with Crippen LogP contribution in [0.3, 0.4) is 0 Å². The summed E-state index contributed by atoms with van der Waals surface area (Å²) < 4.78 is 33.2. The minimum Gasteiger partial charge on any atom is -0.496 e. The largest absolute Gasteiger partial charge is 0.496 e. The maximum atomic E-state index is 14.0. The van der Waals surface area contributed by atoms with Gasteiger partial charge in [0.1, 0.15) is 5.75 Å². The van der Waals surface area contributed by atoms with Gasteiger partial charge in [-0.2, -0.15) is 0 Å². The molecule has 0 bridgehead atoms. The second kappa shape index (κ2) is 19.0. The number of amides is 2. The van der Waals surface area contributed by atoms with Crippen LogP contribution in [0.5, 0.6) is 5.75 Å². The molecule has 1 fully saturated rings. The van der Waals surface area contributed by atoms with Crippen molar-refractivity contribution >= 4 is 27.5 Å². The highest BCUT2D eigenvalue weighted by molar-refractivity contribution is 7.92. The summed E-state index contributed by atoms with van der Waals surface area (Å²) in [7, 11) is -0.0134. The lowest BCUT2D eigenvalue weighted by Gasteiger charge is -2.38. The molecule has 1 saturated heterocycles. The van der Waals surface area contributed by atoms with Crippen molar-refractivity contribution in [2.24, 2.45) is 0 Å². The minimum absolute atomic E-state index is 0.0878. The molecule has 288 valence electrons. The first-order valence-electron chi connectivity index (χ1n) is 18.5. The molecular weight excluding hydrogens is 703 g/mol. The van der Waals surface area contributed by atoms with E-state index in [1.807, 2.05) is 92.8 Å². The molecular formula is C42H53N5O6S. The summed E-state index contributed by atoms with van der Waals surface area (Å²) in [5.41, 5.74) is 3.30. The van der Waals surface area contributed by atoms with Gasteiger partial charge in [0.05, 0.1) is 36.7 Å². The summed E-state index contributed by atoms with van der Waals surface area (Å²) in [6.07, 6.45) is 1.30. The average Bonchev–Trinajstić information content (AvgIpc) is 3.18. The maximum absolute atomic E-state index is 14.0. The van der Waals surface area contributed by atoms with Crippen LogP contribution >= 0.6 is 0 Å². The van der Waals surface area contributed by atoms with Gasteiger partial charge in [-0.15, -0.1) is 0 Å². The molecule has 54 heavy (non-hydrogen) atoms. The molecule has 0 saturated carbocycles. The zero-order valence-electron chi connectivity index (χ0n) is 31.6. The summed E-state index contributed by atoms with van der Waals surface area (Å²) in [6, 6.07) is 30.7. The summed E-state index contributed by atoms with van der Waals surface area (Å²) >= 11 is 0. The second-order valence-corrected chi connectivity index (χ2v) is 16.0. The molecule has 1 heterocycles. The van der Waals surface area contributed by atoms with Gasteiger partial charge >= 0.3 is 0 Å². The number of nitrogens with zero attached hydrogens (tertiary/aromatic N) is 2. The first-order valence-corrected chi connectivity index (χ1v) is 20.2. The second-order valence-electron chi connectivity index (χ2n) is 14.0. The molecule has 4 N–H and O–H groups in total. The van der Waals surface area contributed by atoms with Gasteiger partial charge in [0, 0.05) is 35.8 Å². The molecule has 1 aliphatic heterocycles. The van der Waals surface area contributed by atoms with Gasteiger partial charge in [-0.05, 0) is 88.6 Å². The normalized spacial score (nSPS) is 15.6. The standard InChI is InChI=1S/C42H53N5O6S/c1-5-54(51,52)45-36-26-34(41(49)43-30(2)32-16-10-7-11-17-32)25-35(27-36)42(50)44-38(24-31-14-8-6-9-15-31)39(48)29-46(3)37-20-22-47(23-21-37)28-33-18-12-13-19-40(33)53-4/h6-19,25-27,30,37-39,45,48H,5,20-24,28-29H2,1-4H3,(H,43,49)(H,44,50). The first-order chi connectivity index (χ1) is 25.9. The maximum Gasteiger partial charge on any atom is 0.251 e. The summed E-state index contributed by atoms with van der Waals surface area (Å²) in [6.45, 7) is 6.31. The van der Waals surface area contributed by atoms with E-state index in [1.54, 1.807) is 7.11 Å². The Labute approximate surface area is 319 Å². The van der Waals surface area contributed by atoms with Gasteiger partial charge in [-0.3, -0.25) is 19.2 Å². The van der Waals surface area contributed by atoms with Crippen LogP contribution < -0.4 is 20.1 Å². The highest BCUT2D eigenvalue weighted by Gasteiger charge is 2.29. The number of sulfonamides is 1. The highest BCUT2D eigenvalue weighted by atomic mass is 32.2. The number of rotatable bonds is 17. The summed E-state index contributed by atoms with van der Waals surface area (Å²) in [5, 5.41) is 17.7. The van der Waals surface area contributed by atoms with Crippen LogP contribution in [0.2, 0.25) is 0 Å². The fourth-order valence-corrected chi connectivity index (χ4v) is 7.49. The third kappa shape index (κ3) is 11.4. The Morgan fingerprint density at radius 1 is 0.889 bits per heavy atom. The number of ether oxygens (including phenoxy) is 1. The van der Waals surface area contributed by atoms with E-state index in [4.69, 9.17) is 4.74 Å². The van der Waals surface area contributed by atoms with Gasteiger partial charge in [0.2, 0.25) is 10.0 Å². The number of aliphatic hydroxyl groups is 1. The van der Waals surface area contributed by atoms with Crippen LogP contribution in [0.1, 0.15) is 70.1 Å². The zero-order chi connectivity index (χ0) is 38.7. The Morgan fingerprint density at radius 3 is 2.11 bits per heavy atom. The van der Waals surface area contributed by atoms with Crippen molar-refractivity contribution in [1.82, 2.24) is 20.4 Å². The number of piperidine rings is 1. The molecule has 0 spiro atoms. The molecule has 12 heteroatoms. The topological polar surface area (TPSA) is 140 Å². The van der Waals surface area contributed by atoms with Gasteiger partial charge in [0.25, 0.3) is 11.8 Å². The van der Waals surface area contributed by atoms with Crippen LogP contribution in [-0.2, 0) is 23.0 Å². The van der Waals surface area contributed by atoms with Crippen LogP contribution in [-0.4, -0.2) is 92.9 Å². The number of likely N-dealkylation sites (tertiary alicyclic amines) is 1. The number of anilines is 1. The Hall–Kier alpha value is -4.75. The van der Waals surface area contributed by atoms with E-state index >= 15 is 0 Å². The SMILES string of the molecule is CCS(=O)(=O)Nc1cc(C(=O)NC(C)c2ccccc2)cc(C(=O)NC(Cc2ccccc2)C(O)CN(C)C2CCN(Cc3ccccc3OC)CC2)c1. The minimum atomic E-state index is -3.72. The van der Waals surface area contributed by atoms with Crippen molar-refractivity contribution in [2.75, 3.05) is 44.3 Å². The molecule has 11 nitrogen and oxygen atoms in total. The summed E-state index contributed by atoms with van der Waals surface area (Å²) in [5.74, 6) is -0.299. The van der Waals surface area contributed by atoms with Crippen molar-refractivity contribution in [2.45, 2.75) is 63.9 Å². The Balaban J connectivity index is 1.30. The summed E-state index contributed by atoms with van der Waals surface area (Å²) in [4.78, 5) is 32.1. The number of para-hydroxylation sites is 1. The Bertz CT molecular complexity index is 1940. The Morgan fingerprint density at radius 2 is 1.48 bits per heavy atom. The van der Waals surface area contributed by atoms with Crippen molar-refractivity contribution in [3.8, 4) is 5.75 Å². The lowest BCUT2D eigenvalue weighted by Crippen LogP contribution is -2.52. The number of carbonyl (C=O) groups excluding carboxylic acids is 2. The number of benzene rings is 4. The fourth-order valence-electron chi connectivity index (χ4n) is 6.87. The van der Waals surface area contributed by atoms with E-state index in [-0.39, 0.29) is 34.7 Å². The number of hydrogen-bond donors (Lipinski definition) is 4. The lowest BCUT2D eigenvalue weighted by molar-refractivity contribution is 0.0492. The third-order valence-corrected chi connectivity index (χ3v) is 11.4. The molecule has 2 amide bonds. The van der Waals surface area contributed by atoms with Crippen LogP contribution in [0.4, 0.5) is 5.69 Å². The van der Waals surface area contributed by atoms with E-state index < -0.39 is 34.0 Å². The predicted molar refractivity (Wildman–Crippen MR) is 213 cm³/mol. The van der Waals surface area contributed by atoms with E-state index in [0.717, 1.165) is 54.9 Å². The fraction of sp³-hybridized carbons (Fsp3) is 0.381. The molecule has 0 aromatic heterocycles. The lowest BCUT2D eigenvalue weighted by atomic mass is 9.98. The van der Waals surface area contributed by atoms with Crippen LogP contribution in [0.25, 0.3) is 0 Å². The first kappa shape index (κ1) is 40.4. The van der Waals surface area contributed by atoms with Crippen molar-refractivity contribution in [3.05, 3.63) is 131 Å². The monoisotopic (exact) mass is 755 g/mol. The van der Waals surface area contributed by atoms with Gasteiger partial charge in [-0.1, -0.05) is 78.9 Å². The molecule has 3 unspecified atom stereocenters. The van der Waals surface area contributed by atoms with Gasteiger partial charge in [0.15, 0.2) is 0 Å². The molecule has 0 aliphatic carbocycles. The number of nitrogens with one attached hydrogen (secondary N) is 3. The van der Waals surface area contributed by atoms with E-state index in [9.17, 15) is 23.1 Å². The van der Waals surface area contributed by atoms with E-state index in [2.05, 4.69) is 31.2 Å². The number of hydrogen-bond acceptors (Lipinski definition) is 8. The average molecular weight is 756 g/mol. The molecule has 3 atom stereocenters. The Kier molecular flexibility index (Phi) is 14.2. The van der Waals surface area contributed by atoms with E-state index in [1.165, 1.54) is 25.1 Å². The van der Waals surface area contributed by atoms with E-state index in [0.29, 0.717) is 13.0 Å². The van der Waals surface area contributed by atoms with Crippen LogP contribution in [0.15, 0.2) is 103 Å². The van der Waals surface area contributed by atoms with Gasteiger partial charge in [-0.25, -0.2) is 8.42 Å². The van der Waals surface area contributed by atoms with Crippen molar-refractivity contribution < 1.29 is 27.9 Å². The molecule has 4 aromatic carbocycles. The molecule has 4 aromatic rings. The quantitative estimate of drug-likeness (QED) is 0.115. The molecule has 1 aliphatic rings. The zero-order valence-corrected chi connectivity index (χ0v) is 32.4. The molecule has 5 rings (SSSR count). The number of methoxy groups -OCH3 is 1. The van der Waals surface area contributed by atoms with Gasteiger partial charge < -0.3 is 25.4 Å². The van der Waals surface area contributed by atoms with Crippen LogP contribution in [0, 0.1) is 0 Å². The number of likely N-dealkylation sites (N-methyl/N-ethyl adjacent to an activating group) is 1. The highest BCUT2D eigenvalue weighted by Crippen LogP contribution is 2.24. The molecule has 0 radical (unpaired) electrons. The number of carbonyl (C=O) groups is 2. The van der Waals surface area contributed by atoms with Crippen molar-refractivity contribution in [1.29, 1.82) is 0 Å². The smallest absolute Gasteiger partial charge is 0.251 e. The number of aliphatic hydroxyl groups excluding tert-OH is 1.